The average Bonchev–Trinajstić information content (AvgIpc) is 2.78. The van der Waals surface area contributed by atoms with Crippen LogP contribution in [0.2, 0.25) is 0 Å². The van der Waals surface area contributed by atoms with Crippen molar-refractivity contribution < 1.29 is 9.47 Å². The van der Waals surface area contributed by atoms with Crippen LogP contribution in [-0.4, -0.2) is 26.9 Å². The van der Waals surface area contributed by atoms with Crippen LogP contribution >= 0.6 is 0 Å². The van der Waals surface area contributed by atoms with Crippen LogP contribution in [0, 0.1) is 22.7 Å². The highest BCUT2D eigenvalue weighted by molar-refractivity contribution is 5.03. The van der Waals surface area contributed by atoms with Crippen molar-refractivity contribution in [1.82, 2.24) is 0 Å². The van der Waals surface area contributed by atoms with E-state index in [9.17, 15) is 5.26 Å². The van der Waals surface area contributed by atoms with Crippen LogP contribution in [0.25, 0.3) is 0 Å². The van der Waals surface area contributed by atoms with Crippen molar-refractivity contribution in [2.24, 2.45) is 11.3 Å². The van der Waals surface area contributed by atoms with Gasteiger partial charge in [-0.1, -0.05) is 13.3 Å². The number of nitriles is 1. The van der Waals surface area contributed by atoms with E-state index in [-0.39, 0.29) is 5.41 Å². The zero-order valence-electron chi connectivity index (χ0n) is 11.2. The first-order valence-corrected chi connectivity index (χ1v) is 6.74. The topological polar surface area (TPSA) is 42.2 Å². The van der Waals surface area contributed by atoms with Gasteiger partial charge in [-0.3, -0.25) is 0 Å². The number of methoxy groups -OCH3 is 1. The van der Waals surface area contributed by atoms with Crippen LogP contribution in [0.4, 0.5) is 0 Å². The van der Waals surface area contributed by atoms with Crippen molar-refractivity contribution in [3.05, 3.63) is 0 Å². The first kappa shape index (κ1) is 14.5. The SMILES string of the molecule is CCC1CCC(C#N)(CCCOCCOC)C1. The highest BCUT2D eigenvalue weighted by atomic mass is 16.5. The van der Waals surface area contributed by atoms with Crippen LogP contribution in [0.15, 0.2) is 0 Å². The average molecular weight is 239 g/mol. The van der Waals surface area contributed by atoms with Gasteiger partial charge >= 0.3 is 0 Å². The number of hydrogen-bond acceptors (Lipinski definition) is 3. The second kappa shape index (κ2) is 7.68. The van der Waals surface area contributed by atoms with Crippen LogP contribution < -0.4 is 0 Å². The molecule has 3 nitrogen and oxygen atoms in total. The van der Waals surface area contributed by atoms with Crippen molar-refractivity contribution in [2.45, 2.75) is 45.4 Å². The maximum Gasteiger partial charge on any atom is 0.0700 e. The zero-order valence-corrected chi connectivity index (χ0v) is 11.2. The molecule has 1 rings (SSSR count). The molecule has 3 heteroatoms. The van der Waals surface area contributed by atoms with E-state index in [1.165, 1.54) is 12.8 Å². The Morgan fingerprint density at radius 1 is 1.35 bits per heavy atom. The fourth-order valence-corrected chi connectivity index (χ4v) is 2.73. The van der Waals surface area contributed by atoms with E-state index in [1.807, 2.05) is 0 Å². The molecule has 0 aliphatic heterocycles. The first-order valence-electron chi connectivity index (χ1n) is 6.74. The summed E-state index contributed by atoms with van der Waals surface area (Å²) in [6.45, 7) is 4.30. The zero-order chi connectivity index (χ0) is 12.6. The molecule has 1 aliphatic rings. The van der Waals surface area contributed by atoms with E-state index >= 15 is 0 Å². The number of nitrogens with zero attached hydrogens (tertiary/aromatic N) is 1. The largest absolute Gasteiger partial charge is 0.382 e. The summed E-state index contributed by atoms with van der Waals surface area (Å²) in [5, 5.41) is 9.36. The van der Waals surface area contributed by atoms with E-state index in [0.29, 0.717) is 13.2 Å². The molecule has 2 unspecified atom stereocenters. The highest BCUT2D eigenvalue weighted by Crippen LogP contribution is 2.45. The molecule has 0 aromatic heterocycles. The summed E-state index contributed by atoms with van der Waals surface area (Å²) in [6, 6.07) is 2.56. The van der Waals surface area contributed by atoms with E-state index in [4.69, 9.17) is 9.47 Å². The first-order chi connectivity index (χ1) is 8.26. The summed E-state index contributed by atoms with van der Waals surface area (Å²) in [4.78, 5) is 0. The molecule has 0 N–H and O–H groups in total. The van der Waals surface area contributed by atoms with Gasteiger partial charge in [0.05, 0.1) is 24.7 Å². The maximum atomic E-state index is 9.36. The molecule has 0 radical (unpaired) electrons. The van der Waals surface area contributed by atoms with Crippen molar-refractivity contribution in [3.63, 3.8) is 0 Å². The van der Waals surface area contributed by atoms with Crippen molar-refractivity contribution in [1.29, 1.82) is 5.26 Å². The second-order valence-corrected chi connectivity index (χ2v) is 5.12. The molecule has 0 bridgehead atoms. The van der Waals surface area contributed by atoms with Gasteiger partial charge in [0.2, 0.25) is 0 Å². The van der Waals surface area contributed by atoms with Gasteiger partial charge in [-0.2, -0.15) is 5.26 Å². The lowest BCUT2D eigenvalue weighted by Gasteiger charge is -2.20. The Bertz CT molecular complexity index is 249. The minimum Gasteiger partial charge on any atom is -0.382 e. The third-order valence-electron chi connectivity index (χ3n) is 3.90. The van der Waals surface area contributed by atoms with E-state index in [1.54, 1.807) is 7.11 Å². The van der Waals surface area contributed by atoms with Crippen LogP contribution in [0.3, 0.4) is 0 Å². The van der Waals surface area contributed by atoms with E-state index < -0.39 is 0 Å². The summed E-state index contributed by atoms with van der Waals surface area (Å²) in [5.74, 6) is 0.768. The summed E-state index contributed by atoms with van der Waals surface area (Å²) >= 11 is 0. The number of ether oxygens (including phenoxy) is 2. The molecular weight excluding hydrogens is 214 g/mol. The molecule has 98 valence electrons. The molecule has 17 heavy (non-hydrogen) atoms. The molecule has 1 fully saturated rings. The lowest BCUT2D eigenvalue weighted by atomic mass is 9.82. The Morgan fingerprint density at radius 2 is 2.18 bits per heavy atom. The molecule has 2 atom stereocenters. The van der Waals surface area contributed by atoms with Gasteiger partial charge in [0.15, 0.2) is 0 Å². The summed E-state index contributed by atoms with van der Waals surface area (Å²) in [6.07, 6.45) is 6.61. The molecule has 1 saturated carbocycles. The highest BCUT2D eigenvalue weighted by Gasteiger charge is 2.37. The Kier molecular flexibility index (Phi) is 6.54. The molecule has 0 saturated heterocycles. The Balaban J connectivity index is 2.18. The predicted octanol–water partition coefficient (Wildman–Crippen LogP) is 3.15. The van der Waals surface area contributed by atoms with Gasteiger partial charge in [0.25, 0.3) is 0 Å². The minimum atomic E-state index is -0.0503. The standard InChI is InChI=1S/C14H25NO2/c1-3-13-5-7-14(11-13,12-15)6-4-8-17-10-9-16-2/h13H,3-11H2,1-2H3. The summed E-state index contributed by atoms with van der Waals surface area (Å²) < 4.78 is 10.4. The third-order valence-corrected chi connectivity index (χ3v) is 3.90. The van der Waals surface area contributed by atoms with Gasteiger partial charge in [-0.05, 0) is 38.0 Å². The second-order valence-electron chi connectivity index (χ2n) is 5.12. The maximum absolute atomic E-state index is 9.36. The van der Waals surface area contributed by atoms with Crippen molar-refractivity contribution in [2.75, 3.05) is 26.9 Å². The molecule has 1 aliphatic carbocycles. The fourth-order valence-electron chi connectivity index (χ4n) is 2.73. The summed E-state index contributed by atoms with van der Waals surface area (Å²) in [7, 11) is 1.68. The smallest absolute Gasteiger partial charge is 0.0700 e. The van der Waals surface area contributed by atoms with Gasteiger partial charge in [-0.15, -0.1) is 0 Å². The van der Waals surface area contributed by atoms with Gasteiger partial charge in [0.1, 0.15) is 0 Å². The predicted molar refractivity (Wildman–Crippen MR) is 67.6 cm³/mol. The number of hydrogen-bond donors (Lipinski definition) is 0. The van der Waals surface area contributed by atoms with E-state index in [0.717, 1.165) is 38.2 Å². The normalized spacial score (nSPS) is 28.2. The minimum absolute atomic E-state index is 0.0503. The van der Waals surface area contributed by atoms with Crippen LogP contribution in [0.1, 0.15) is 45.4 Å². The fraction of sp³-hybridized carbons (Fsp3) is 0.929. The van der Waals surface area contributed by atoms with Gasteiger partial charge in [-0.25, -0.2) is 0 Å². The van der Waals surface area contributed by atoms with Crippen LogP contribution in [0.5, 0.6) is 0 Å². The molecule has 0 aromatic rings. The Hall–Kier alpha value is -0.590. The quantitative estimate of drug-likeness (QED) is 0.611. The lowest BCUT2D eigenvalue weighted by Crippen LogP contribution is -2.15. The molecular formula is C14H25NO2. The van der Waals surface area contributed by atoms with Gasteiger partial charge < -0.3 is 9.47 Å². The molecule has 0 amide bonds. The van der Waals surface area contributed by atoms with E-state index in [2.05, 4.69) is 13.0 Å². The molecule has 0 aromatic carbocycles. The molecule has 0 spiro atoms. The molecule has 0 heterocycles. The van der Waals surface area contributed by atoms with Crippen molar-refractivity contribution >= 4 is 0 Å². The Morgan fingerprint density at radius 3 is 2.76 bits per heavy atom. The van der Waals surface area contributed by atoms with Gasteiger partial charge in [0, 0.05) is 13.7 Å². The van der Waals surface area contributed by atoms with Crippen LogP contribution in [-0.2, 0) is 9.47 Å². The Labute approximate surface area is 105 Å². The summed E-state index contributed by atoms with van der Waals surface area (Å²) in [5.41, 5.74) is -0.0503. The monoisotopic (exact) mass is 239 g/mol. The third kappa shape index (κ3) is 4.65. The number of rotatable bonds is 8. The lowest BCUT2D eigenvalue weighted by molar-refractivity contribution is 0.0656. The van der Waals surface area contributed by atoms with Crippen molar-refractivity contribution in [3.8, 4) is 6.07 Å².